The maximum atomic E-state index is 11.9. The molecule has 4 nitrogen and oxygen atoms in total. The number of hydrogen-bond acceptors (Lipinski definition) is 3. The minimum absolute atomic E-state index is 0.0165. The number of amides is 1. The van der Waals surface area contributed by atoms with Gasteiger partial charge >= 0.3 is 0 Å². The summed E-state index contributed by atoms with van der Waals surface area (Å²) in [6, 6.07) is 5.45. The van der Waals surface area contributed by atoms with Crippen molar-refractivity contribution in [3.63, 3.8) is 0 Å². The SMILES string of the molecule is CC(N)Cc1cc(Cl)ccc1OC1CCN(C)C1=O. The summed E-state index contributed by atoms with van der Waals surface area (Å²) in [5, 5.41) is 0.651. The Bertz CT molecular complexity index is 477. The third-order valence-electron chi connectivity index (χ3n) is 3.21. The van der Waals surface area contributed by atoms with Gasteiger partial charge < -0.3 is 15.4 Å². The minimum atomic E-state index is -0.391. The predicted octanol–water partition coefficient (Wildman–Crippen LogP) is 1.84. The van der Waals surface area contributed by atoms with Gasteiger partial charge in [0.2, 0.25) is 0 Å². The Morgan fingerprint density at radius 3 is 2.89 bits per heavy atom. The molecule has 0 saturated carbocycles. The standard InChI is InChI=1S/C14H19ClN2O2/c1-9(16)7-10-8-11(15)3-4-12(10)19-13-5-6-17(2)14(13)18/h3-4,8-9,13H,5-7,16H2,1-2H3. The number of halogens is 1. The number of hydrogen-bond donors (Lipinski definition) is 1. The van der Waals surface area contributed by atoms with E-state index in [0.717, 1.165) is 18.5 Å². The molecule has 1 aliphatic heterocycles. The summed E-state index contributed by atoms with van der Waals surface area (Å²) >= 11 is 6.00. The number of likely N-dealkylation sites (tertiary alicyclic amines) is 1. The third-order valence-corrected chi connectivity index (χ3v) is 3.45. The summed E-state index contributed by atoms with van der Waals surface area (Å²) in [6.45, 7) is 2.67. The number of rotatable bonds is 4. The maximum Gasteiger partial charge on any atom is 0.263 e. The molecule has 1 amide bonds. The van der Waals surface area contributed by atoms with Crippen LogP contribution in [-0.4, -0.2) is 36.5 Å². The molecule has 2 rings (SSSR count). The zero-order valence-corrected chi connectivity index (χ0v) is 12.0. The van der Waals surface area contributed by atoms with Crippen LogP contribution in [-0.2, 0) is 11.2 Å². The molecule has 1 aromatic rings. The van der Waals surface area contributed by atoms with Crippen LogP contribution in [0.25, 0.3) is 0 Å². The molecule has 0 radical (unpaired) electrons. The number of likely N-dealkylation sites (N-methyl/N-ethyl adjacent to an activating group) is 1. The first-order valence-corrected chi connectivity index (χ1v) is 6.81. The zero-order chi connectivity index (χ0) is 14.0. The van der Waals surface area contributed by atoms with Gasteiger partial charge in [0, 0.05) is 31.1 Å². The second-order valence-corrected chi connectivity index (χ2v) is 5.52. The van der Waals surface area contributed by atoms with Crippen molar-refractivity contribution in [2.45, 2.75) is 31.9 Å². The molecule has 2 N–H and O–H groups in total. The second-order valence-electron chi connectivity index (χ2n) is 5.09. The number of ether oxygens (including phenoxy) is 1. The molecule has 0 aliphatic carbocycles. The molecule has 1 heterocycles. The lowest BCUT2D eigenvalue weighted by molar-refractivity contribution is -0.132. The molecule has 1 aromatic carbocycles. The van der Waals surface area contributed by atoms with E-state index in [4.69, 9.17) is 22.1 Å². The Balaban J connectivity index is 2.17. The van der Waals surface area contributed by atoms with E-state index in [1.165, 1.54) is 0 Å². The van der Waals surface area contributed by atoms with E-state index in [0.29, 0.717) is 17.2 Å². The lowest BCUT2D eigenvalue weighted by Crippen LogP contribution is -2.30. The summed E-state index contributed by atoms with van der Waals surface area (Å²) in [7, 11) is 1.79. The Hall–Kier alpha value is -1.26. The molecule has 1 fully saturated rings. The van der Waals surface area contributed by atoms with Crippen molar-refractivity contribution in [1.82, 2.24) is 4.90 Å². The Morgan fingerprint density at radius 2 is 2.32 bits per heavy atom. The van der Waals surface area contributed by atoms with Crippen LogP contribution in [0.1, 0.15) is 18.9 Å². The first-order chi connectivity index (χ1) is 8.97. The fourth-order valence-electron chi connectivity index (χ4n) is 2.22. The highest BCUT2D eigenvalue weighted by Gasteiger charge is 2.31. The fourth-order valence-corrected chi connectivity index (χ4v) is 2.42. The van der Waals surface area contributed by atoms with E-state index in [-0.39, 0.29) is 11.9 Å². The molecule has 2 unspecified atom stereocenters. The first kappa shape index (κ1) is 14.2. The Morgan fingerprint density at radius 1 is 1.58 bits per heavy atom. The minimum Gasteiger partial charge on any atom is -0.480 e. The van der Waals surface area contributed by atoms with Crippen LogP contribution in [0.4, 0.5) is 0 Å². The molecule has 5 heteroatoms. The molecule has 1 aliphatic rings. The number of benzene rings is 1. The Kier molecular flexibility index (Phi) is 4.32. The zero-order valence-electron chi connectivity index (χ0n) is 11.2. The molecular weight excluding hydrogens is 264 g/mol. The summed E-state index contributed by atoms with van der Waals surface area (Å²) < 4.78 is 5.84. The van der Waals surface area contributed by atoms with Crippen molar-refractivity contribution in [1.29, 1.82) is 0 Å². The van der Waals surface area contributed by atoms with Crippen molar-refractivity contribution in [2.75, 3.05) is 13.6 Å². The number of carbonyl (C=O) groups excluding carboxylic acids is 1. The second kappa shape index (κ2) is 5.80. The maximum absolute atomic E-state index is 11.9. The highest BCUT2D eigenvalue weighted by atomic mass is 35.5. The molecule has 104 valence electrons. The summed E-state index contributed by atoms with van der Waals surface area (Å²) in [5.41, 5.74) is 6.78. The molecule has 1 saturated heterocycles. The van der Waals surface area contributed by atoms with Crippen LogP contribution in [0.2, 0.25) is 5.02 Å². The average molecular weight is 283 g/mol. The van der Waals surface area contributed by atoms with Gasteiger partial charge in [-0.3, -0.25) is 4.79 Å². The van der Waals surface area contributed by atoms with E-state index in [9.17, 15) is 4.79 Å². The van der Waals surface area contributed by atoms with Gasteiger partial charge in [-0.05, 0) is 37.1 Å². The van der Waals surface area contributed by atoms with Gasteiger partial charge in [-0.2, -0.15) is 0 Å². The Labute approximate surface area is 118 Å². The van der Waals surface area contributed by atoms with E-state index >= 15 is 0 Å². The molecular formula is C14H19ClN2O2. The lowest BCUT2D eigenvalue weighted by Gasteiger charge is -2.17. The smallest absolute Gasteiger partial charge is 0.263 e. The van der Waals surface area contributed by atoms with Gasteiger partial charge in [-0.25, -0.2) is 0 Å². The summed E-state index contributed by atoms with van der Waals surface area (Å²) in [6.07, 6.45) is 1.00. The van der Waals surface area contributed by atoms with Crippen LogP contribution in [0.5, 0.6) is 5.75 Å². The topological polar surface area (TPSA) is 55.6 Å². The summed E-state index contributed by atoms with van der Waals surface area (Å²) in [5.74, 6) is 0.733. The van der Waals surface area contributed by atoms with Gasteiger partial charge in [-0.15, -0.1) is 0 Å². The van der Waals surface area contributed by atoms with Crippen molar-refractivity contribution >= 4 is 17.5 Å². The number of nitrogens with zero attached hydrogens (tertiary/aromatic N) is 1. The van der Waals surface area contributed by atoms with Crippen LogP contribution >= 0.6 is 11.6 Å². The van der Waals surface area contributed by atoms with Crippen LogP contribution in [0, 0.1) is 0 Å². The lowest BCUT2D eigenvalue weighted by atomic mass is 10.1. The largest absolute Gasteiger partial charge is 0.480 e. The average Bonchev–Trinajstić information content (AvgIpc) is 2.64. The van der Waals surface area contributed by atoms with Gasteiger partial charge in [0.15, 0.2) is 6.10 Å². The number of carbonyl (C=O) groups is 1. The van der Waals surface area contributed by atoms with Gasteiger partial charge in [0.05, 0.1) is 0 Å². The van der Waals surface area contributed by atoms with Crippen molar-refractivity contribution in [3.05, 3.63) is 28.8 Å². The molecule has 0 spiro atoms. The monoisotopic (exact) mass is 282 g/mol. The first-order valence-electron chi connectivity index (χ1n) is 6.43. The van der Waals surface area contributed by atoms with Crippen molar-refractivity contribution < 1.29 is 9.53 Å². The predicted molar refractivity (Wildman–Crippen MR) is 75.5 cm³/mol. The van der Waals surface area contributed by atoms with Crippen molar-refractivity contribution in [3.8, 4) is 5.75 Å². The summed E-state index contributed by atoms with van der Waals surface area (Å²) in [4.78, 5) is 13.5. The van der Waals surface area contributed by atoms with Crippen LogP contribution in [0.15, 0.2) is 18.2 Å². The van der Waals surface area contributed by atoms with E-state index in [1.807, 2.05) is 19.1 Å². The van der Waals surface area contributed by atoms with E-state index < -0.39 is 6.10 Å². The molecule has 19 heavy (non-hydrogen) atoms. The highest BCUT2D eigenvalue weighted by molar-refractivity contribution is 6.30. The quantitative estimate of drug-likeness (QED) is 0.917. The molecule has 0 aromatic heterocycles. The van der Waals surface area contributed by atoms with E-state index in [2.05, 4.69) is 0 Å². The fraction of sp³-hybridized carbons (Fsp3) is 0.500. The third kappa shape index (κ3) is 3.39. The highest BCUT2D eigenvalue weighted by Crippen LogP contribution is 2.27. The van der Waals surface area contributed by atoms with Crippen LogP contribution < -0.4 is 10.5 Å². The molecule has 0 bridgehead atoms. The normalized spacial score (nSPS) is 20.7. The van der Waals surface area contributed by atoms with Crippen molar-refractivity contribution in [2.24, 2.45) is 5.73 Å². The van der Waals surface area contributed by atoms with Crippen LogP contribution in [0.3, 0.4) is 0 Å². The molecule has 2 atom stereocenters. The number of nitrogens with two attached hydrogens (primary N) is 1. The van der Waals surface area contributed by atoms with Gasteiger partial charge in [0.1, 0.15) is 5.75 Å². The van der Waals surface area contributed by atoms with Gasteiger partial charge in [-0.1, -0.05) is 11.6 Å². The van der Waals surface area contributed by atoms with Gasteiger partial charge in [0.25, 0.3) is 5.91 Å². The van der Waals surface area contributed by atoms with E-state index in [1.54, 1.807) is 18.0 Å².